The molecule has 5 heteroatoms. The zero-order valence-corrected chi connectivity index (χ0v) is 16.6. The molecule has 0 bridgehead atoms. The smallest absolute Gasteiger partial charge is 0.269 e. The van der Waals surface area contributed by atoms with Crippen LogP contribution >= 0.6 is 0 Å². The molecule has 0 radical (unpaired) electrons. The topological polar surface area (TPSA) is 61.6 Å². The van der Waals surface area contributed by atoms with Crippen LogP contribution in [0.1, 0.15) is 27.8 Å². The monoisotopic (exact) mass is 387 g/mol. The Bertz CT molecular complexity index is 1130. The van der Waals surface area contributed by atoms with Crippen LogP contribution in [0, 0.1) is 24.0 Å². The maximum absolute atomic E-state index is 11.1. The molecule has 1 aliphatic heterocycles. The normalized spacial score (nSPS) is 12.9. The summed E-state index contributed by atoms with van der Waals surface area (Å²) in [6.45, 7) is 4.59. The number of methoxy groups -OCH3 is 1. The summed E-state index contributed by atoms with van der Waals surface area (Å²) in [5.41, 5.74) is 7.53. The maximum Gasteiger partial charge on any atom is 0.269 e. The first-order valence-corrected chi connectivity index (χ1v) is 9.34. The highest BCUT2D eigenvalue weighted by atomic mass is 16.6. The van der Waals surface area contributed by atoms with Crippen LogP contribution in [0.2, 0.25) is 0 Å². The second kappa shape index (κ2) is 7.43. The van der Waals surface area contributed by atoms with E-state index in [2.05, 4.69) is 32.0 Å². The molecule has 0 saturated heterocycles. The summed E-state index contributed by atoms with van der Waals surface area (Å²) in [4.78, 5) is 10.7. The Morgan fingerprint density at radius 2 is 1.66 bits per heavy atom. The van der Waals surface area contributed by atoms with Crippen LogP contribution < -0.4 is 9.47 Å². The van der Waals surface area contributed by atoms with Gasteiger partial charge in [0.15, 0.2) is 0 Å². The predicted molar refractivity (Wildman–Crippen MR) is 113 cm³/mol. The molecule has 4 rings (SSSR count). The fourth-order valence-corrected chi connectivity index (χ4v) is 3.58. The molecule has 5 nitrogen and oxygen atoms in total. The number of benzene rings is 3. The third kappa shape index (κ3) is 3.47. The first-order valence-electron chi connectivity index (χ1n) is 9.34. The lowest BCUT2D eigenvalue weighted by Gasteiger charge is -2.25. The molecule has 0 N–H and O–H groups in total. The van der Waals surface area contributed by atoms with E-state index < -0.39 is 0 Å². The number of nitro groups is 1. The molecule has 0 spiro atoms. The molecule has 0 saturated carbocycles. The highest BCUT2D eigenvalue weighted by molar-refractivity contribution is 6.02. The summed E-state index contributed by atoms with van der Waals surface area (Å²) < 4.78 is 11.4. The van der Waals surface area contributed by atoms with Crippen LogP contribution in [0.3, 0.4) is 0 Å². The Balaban J connectivity index is 1.94. The molecule has 0 aromatic heterocycles. The lowest BCUT2D eigenvalue weighted by atomic mass is 9.87. The van der Waals surface area contributed by atoms with Gasteiger partial charge in [-0.05, 0) is 65.9 Å². The van der Waals surface area contributed by atoms with Gasteiger partial charge >= 0.3 is 0 Å². The standard InChI is InChI=1S/C24H21NO4/c1-15-4-5-18(12-16(15)2)22-14-29-23-13-20(28-3)10-11-21(23)24(22)17-6-8-19(9-7-17)25(26)27/h4-13H,14H2,1-3H3. The summed E-state index contributed by atoms with van der Waals surface area (Å²) in [6, 6.07) is 18.8. The largest absolute Gasteiger partial charge is 0.497 e. The lowest BCUT2D eigenvalue weighted by molar-refractivity contribution is -0.384. The van der Waals surface area contributed by atoms with E-state index in [-0.39, 0.29) is 10.6 Å². The summed E-state index contributed by atoms with van der Waals surface area (Å²) >= 11 is 0. The van der Waals surface area contributed by atoms with Gasteiger partial charge in [-0.25, -0.2) is 0 Å². The number of fused-ring (bicyclic) bond motifs is 1. The van der Waals surface area contributed by atoms with Crippen molar-refractivity contribution in [2.24, 2.45) is 0 Å². The minimum atomic E-state index is -0.384. The first kappa shape index (κ1) is 18.7. The quantitative estimate of drug-likeness (QED) is 0.434. The van der Waals surface area contributed by atoms with E-state index in [0.717, 1.165) is 39.3 Å². The van der Waals surface area contributed by atoms with Crippen molar-refractivity contribution in [1.29, 1.82) is 0 Å². The Hall–Kier alpha value is -3.60. The van der Waals surface area contributed by atoms with Gasteiger partial charge in [0.05, 0.1) is 12.0 Å². The highest BCUT2D eigenvalue weighted by Crippen LogP contribution is 2.42. The van der Waals surface area contributed by atoms with Crippen molar-refractivity contribution in [2.45, 2.75) is 13.8 Å². The SMILES string of the molecule is COc1ccc2c(c1)OCC(c1ccc(C)c(C)c1)=C2c1ccc([N+](=O)[O-])cc1. The highest BCUT2D eigenvalue weighted by Gasteiger charge is 2.24. The van der Waals surface area contributed by atoms with Crippen molar-refractivity contribution < 1.29 is 14.4 Å². The van der Waals surface area contributed by atoms with Gasteiger partial charge in [0, 0.05) is 29.3 Å². The fraction of sp³-hybridized carbons (Fsp3) is 0.167. The van der Waals surface area contributed by atoms with E-state index in [1.807, 2.05) is 18.2 Å². The van der Waals surface area contributed by atoms with Gasteiger partial charge in [0.1, 0.15) is 18.1 Å². The van der Waals surface area contributed by atoms with Gasteiger partial charge in [-0.2, -0.15) is 0 Å². The Morgan fingerprint density at radius 3 is 2.31 bits per heavy atom. The van der Waals surface area contributed by atoms with Gasteiger partial charge < -0.3 is 9.47 Å². The molecule has 1 aliphatic rings. The molecule has 0 unspecified atom stereocenters. The van der Waals surface area contributed by atoms with E-state index in [9.17, 15) is 10.1 Å². The number of nitrogens with zero attached hydrogens (tertiary/aromatic N) is 1. The second-order valence-electron chi connectivity index (χ2n) is 7.11. The van der Waals surface area contributed by atoms with Gasteiger partial charge in [-0.15, -0.1) is 0 Å². The molecule has 1 heterocycles. The van der Waals surface area contributed by atoms with Crippen molar-refractivity contribution in [3.8, 4) is 11.5 Å². The Morgan fingerprint density at radius 1 is 0.931 bits per heavy atom. The predicted octanol–water partition coefficient (Wildman–Crippen LogP) is 5.57. The van der Waals surface area contributed by atoms with Crippen molar-refractivity contribution >= 4 is 16.8 Å². The third-order valence-electron chi connectivity index (χ3n) is 5.35. The lowest BCUT2D eigenvalue weighted by Crippen LogP contribution is -2.12. The summed E-state index contributed by atoms with van der Waals surface area (Å²) in [5, 5.41) is 11.1. The van der Waals surface area contributed by atoms with Crippen LogP contribution in [-0.2, 0) is 0 Å². The molecule has 3 aromatic carbocycles. The molecule has 146 valence electrons. The zero-order valence-electron chi connectivity index (χ0n) is 16.6. The Labute approximate surface area is 169 Å². The van der Waals surface area contributed by atoms with E-state index in [4.69, 9.17) is 9.47 Å². The van der Waals surface area contributed by atoms with E-state index >= 15 is 0 Å². The summed E-state index contributed by atoms with van der Waals surface area (Å²) in [5.74, 6) is 1.46. The fourth-order valence-electron chi connectivity index (χ4n) is 3.58. The Kier molecular flexibility index (Phi) is 4.80. The average molecular weight is 387 g/mol. The van der Waals surface area contributed by atoms with Crippen molar-refractivity contribution in [2.75, 3.05) is 13.7 Å². The molecule has 0 amide bonds. The zero-order chi connectivity index (χ0) is 20.5. The van der Waals surface area contributed by atoms with Crippen LogP contribution in [0.4, 0.5) is 5.69 Å². The summed E-state index contributed by atoms with van der Waals surface area (Å²) in [6.07, 6.45) is 0. The molecular formula is C24H21NO4. The van der Waals surface area contributed by atoms with Gasteiger partial charge in [-0.3, -0.25) is 10.1 Å². The number of aryl methyl sites for hydroxylation is 2. The number of hydrogen-bond acceptors (Lipinski definition) is 4. The van der Waals surface area contributed by atoms with Crippen LogP contribution in [0.15, 0.2) is 60.7 Å². The molecule has 3 aromatic rings. The maximum atomic E-state index is 11.1. The van der Waals surface area contributed by atoms with E-state index in [0.29, 0.717) is 6.61 Å². The number of nitro benzene ring substituents is 1. The molecule has 0 atom stereocenters. The van der Waals surface area contributed by atoms with Crippen LogP contribution in [0.25, 0.3) is 11.1 Å². The molecule has 29 heavy (non-hydrogen) atoms. The number of hydrogen-bond donors (Lipinski definition) is 0. The average Bonchev–Trinajstić information content (AvgIpc) is 2.74. The van der Waals surface area contributed by atoms with Crippen molar-refractivity contribution in [1.82, 2.24) is 0 Å². The molecular weight excluding hydrogens is 366 g/mol. The van der Waals surface area contributed by atoms with E-state index in [1.165, 1.54) is 11.1 Å². The van der Waals surface area contributed by atoms with Crippen LogP contribution in [-0.4, -0.2) is 18.6 Å². The third-order valence-corrected chi connectivity index (χ3v) is 5.35. The van der Waals surface area contributed by atoms with Gasteiger partial charge in [0.25, 0.3) is 5.69 Å². The minimum Gasteiger partial charge on any atom is -0.497 e. The van der Waals surface area contributed by atoms with Crippen molar-refractivity contribution in [3.05, 3.63) is 98.6 Å². The number of ether oxygens (including phenoxy) is 2. The van der Waals surface area contributed by atoms with Gasteiger partial charge in [0.2, 0.25) is 0 Å². The molecule has 0 aliphatic carbocycles. The number of non-ortho nitro benzene ring substituents is 1. The van der Waals surface area contributed by atoms with Crippen LogP contribution in [0.5, 0.6) is 11.5 Å². The molecule has 0 fully saturated rings. The van der Waals surface area contributed by atoms with Gasteiger partial charge in [-0.1, -0.05) is 18.2 Å². The second-order valence-corrected chi connectivity index (χ2v) is 7.11. The van der Waals surface area contributed by atoms with E-state index in [1.54, 1.807) is 31.4 Å². The van der Waals surface area contributed by atoms with Crippen molar-refractivity contribution in [3.63, 3.8) is 0 Å². The summed E-state index contributed by atoms with van der Waals surface area (Å²) in [7, 11) is 1.62. The number of rotatable bonds is 4. The first-order chi connectivity index (χ1) is 14.0. The minimum absolute atomic E-state index is 0.0732.